The number of H-pyrrole nitrogens is 1. The van der Waals surface area contributed by atoms with E-state index in [1.54, 1.807) is 0 Å². The number of benzene rings is 1. The van der Waals surface area contributed by atoms with Gasteiger partial charge in [0.2, 0.25) is 0 Å². The van der Waals surface area contributed by atoms with Gasteiger partial charge in [-0.15, -0.1) is 0 Å². The Balaban J connectivity index is 2.16. The largest absolute Gasteiger partial charge is 0.328 e. The number of imidazole rings is 1. The van der Waals surface area contributed by atoms with Crippen molar-refractivity contribution in [1.29, 1.82) is 0 Å². The van der Waals surface area contributed by atoms with E-state index in [9.17, 15) is 0 Å². The number of nitrogens with zero attached hydrogens (tertiary/aromatic N) is 3. The second kappa shape index (κ2) is 5.18. The Labute approximate surface area is 130 Å². The summed E-state index contributed by atoms with van der Waals surface area (Å²) in [6, 6.07) is 8.27. The van der Waals surface area contributed by atoms with Gasteiger partial charge in [-0.25, -0.2) is 4.68 Å². The molecule has 0 spiro atoms. The first-order valence-electron chi connectivity index (χ1n) is 6.50. The van der Waals surface area contributed by atoms with Gasteiger partial charge in [0.15, 0.2) is 10.4 Å². The first-order valence-corrected chi connectivity index (χ1v) is 7.70. The van der Waals surface area contributed by atoms with Crippen LogP contribution in [0.2, 0.25) is 0 Å². The molecule has 104 valence electrons. The lowest BCUT2D eigenvalue weighted by Gasteiger charge is -2.07. The molecule has 0 atom stereocenters. The molecule has 0 amide bonds. The zero-order valence-corrected chi connectivity index (χ0v) is 13.8. The smallest absolute Gasteiger partial charge is 0.179 e. The normalized spacial score (nSPS) is 11.3. The van der Waals surface area contributed by atoms with Crippen molar-refractivity contribution >= 4 is 39.3 Å². The van der Waals surface area contributed by atoms with Crippen LogP contribution in [-0.2, 0) is 13.1 Å². The summed E-state index contributed by atoms with van der Waals surface area (Å²) < 4.78 is 5.92. The Morgan fingerprint density at radius 3 is 2.90 bits per heavy atom. The maximum atomic E-state index is 5.46. The highest BCUT2D eigenvalue weighted by Gasteiger charge is 2.14. The van der Waals surface area contributed by atoms with E-state index in [-0.39, 0.29) is 0 Å². The Hall–Kier alpha value is -1.40. The monoisotopic (exact) mass is 350 g/mol. The Morgan fingerprint density at radius 1 is 1.40 bits per heavy atom. The van der Waals surface area contributed by atoms with Crippen molar-refractivity contribution < 1.29 is 0 Å². The lowest BCUT2D eigenvalue weighted by atomic mass is 10.2. The minimum atomic E-state index is 0.739. The Morgan fingerprint density at radius 2 is 2.20 bits per heavy atom. The van der Waals surface area contributed by atoms with E-state index in [1.807, 2.05) is 23.7 Å². The average Bonchev–Trinajstić information content (AvgIpc) is 2.89. The number of hydrogen-bond donors (Lipinski definition) is 1. The number of halogens is 1. The maximum absolute atomic E-state index is 5.46. The highest BCUT2D eigenvalue weighted by Crippen LogP contribution is 2.20. The molecule has 0 saturated carbocycles. The van der Waals surface area contributed by atoms with Crippen LogP contribution in [0.1, 0.15) is 18.2 Å². The highest BCUT2D eigenvalue weighted by molar-refractivity contribution is 9.10. The predicted octanol–water partition coefficient (Wildman–Crippen LogP) is 4.03. The van der Waals surface area contributed by atoms with Crippen molar-refractivity contribution in [2.45, 2.75) is 26.9 Å². The van der Waals surface area contributed by atoms with Crippen LogP contribution in [0.25, 0.3) is 11.2 Å². The molecule has 0 aliphatic carbocycles. The van der Waals surface area contributed by atoms with Crippen LogP contribution in [0.15, 0.2) is 28.7 Å². The molecule has 2 heterocycles. The number of fused-ring (bicyclic) bond motifs is 1. The molecule has 0 saturated heterocycles. The fraction of sp³-hybridized carbons (Fsp3) is 0.286. The molecule has 3 aromatic rings. The summed E-state index contributed by atoms with van der Waals surface area (Å²) in [6.07, 6.45) is 0. The van der Waals surface area contributed by atoms with Crippen LogP contribution >= 0.6 is 28.1 Å². The second-order valence-corrected chi connectivity index (χ2v) is 6.05. The fourth-order valence-electron chi connectivity index (χ4n) is 2.45. The van der Waals surface area contributed by atoms with E-state index in [0.717, 1.165) is 39.2 Å². The van der Waals surface area contributed by atoms with Crippen molar-refractivity contribution in [1.82, 2.24) is 19.3 Å². The molecule has 6 heteroatoms. The third kappa shape index (κ3) is 2.23. The molecule has 1 aromatic carbocycles. The Bertz CT molecular complexity index is 827. The maximum Gasteiger partial charge on any atom is 0.179 e. The zero-order valence-electron chi connectivity index (χ0n) is 11.4. The van der Waals surface area contributed by atoms with Crippen LogP contribution < -0.4 is 0 Å². The summed E-state index contributed by atoms with van der Waals surface area (Å²) in [4.78, 5) is 3.27. The molecule has 0 aliphatic rings. The van der Waals surface area contributed by atoms with E-state index < -0.39 is 0 Å². The quantitative estimate of drug-likeness (QED) is 0.724. The van der Waals surface area contributed by atoms with Gasteiger partial charge >= 0.3 is 0 Å². The molecule has 1 N–H and O–H groups in total. The van der Waals surface area contributed by atoms with E-state index >= 15 is 0 Å². The first-order chi connectivity index (χ1) is 9.60. The fourth-order valence-corrected chi connectivity index (χ4v) is 3.15. The van der Waals surface area contributed by atoms with Gasteiger partial charge in [0, 0.05) is 11.0 Å². The predicted molar refractivity (Wildman–Crippen MR) is 86.6 cm³/mol. The van der Waals surface area contributed by atoms with Crippen molar-refractivity contribution in [3.8, 4) is 0 Å². The number of aromatic nitrogens is 4. The summed E-state index contributed by atoms with van der Waals surface area (Å²) >= 11 is 8.97. The minimum absolute atomic E-state index is 0.739. The third-order valence-electron chi connectivity index (χ3n) is 3.36. The number of aromatic amines is 1. The van der Waals surface area contributed by atoms with E-state index in [4.69, 9.17) is 12.2 Å². The molecule has 4 nitrogen and oxygen atoms in total. The SMILES string of the molecule is CCn1nc(C)c2[nH]c(=S)n(Cc3cccc(Br)c3)c21. The summed E-state index contributed by atoms with van der Waals surface area (Å²) in [7, 11) is 0. The Kier molecular flexibility index (Phi) is 3.52. The van der Waals surface area contributed by atoms with Crippen LogP contribution in [-0.4, -0.2) is 19.3 Å². The van der Waals surface area contributed by atoms with Gasteiger partial charge in [-0.1, -0.05) is 28.1 Å². The number of nitrogens with one attached hydrogen (secondary N) is 1. The molecular weight excluding hydrogens is 336 g/mol. The van der Waals surface area contributed by atoms with Crippen LogP contribution in [0.3, 0.4) is 0 Å². The highest BCUT2D eigenvalue weighted by atomic mass is 79.9. The van der Waals surface area contributed by atoms with Crippen molar-refractivity contribution in [2.24, 2.45) is 0 Å². The number of rotatable bonds is 3. The van der Waals surface area contributed by atoms with Gasteiger partial charge in [0.05, 0.1) is 12.2 Å². The van der Waals surface area contributed by atoms with Gasteiger partial charge in [-0.05, 0) is 43.8 Å². The van der Waals surface area contributed by atoms with Gasteiger partial charge < -0.3 is 4.98 Å². The van der Waals surface area contributed by atoms with E-state index in [1.165, 1.54) is 5.56 Å². The van der Waals surface area contributed by atoms with Crippen molar-refractivity contribution in [2.75, 3.05) is 0 Å². The molecule has 3 rings (SSSR count). The lowest BCUT2D eigenvalue weighted by Crippen LogP contribution is -2.06. The molecule has 2 aromatic heterocycles. The van der Waals surface area contributed by atoms with Crippen molar-refractivity contribution in [3.05, 3.63) is 44.8 Å². The van der Waals surface area contributed by atoms with E-state index in [0.29, 0.717) is 0 Å². The average molecular weight is 351 g/mol. The van der Waals surface area contributed by atoms with Gasteiger partial charge in [-0.2, -0.15) is 5.10 Å². The van der Waals surface area contributed by atoms with Crippen LogP contribution in [0.5, 0.6) is 0 Å². The topological polar surface area (TPSA) is 38.5 Å². The van der Waals surface area contributed by atoms with Crippen LogP contribution in [0.4, 0.5) is 0 Å². The second-order valence-electron chi connectivity index (χ2n) is 4.75. The molecule has 20 heavy (non-hydrogen) atoms. The lowest BCUT2D eigenvalue weighted by molar-refractivity contribution is 0.643. The molecular formula is C14H15BrN4S. The zero-order chi connectivity index (χ0) is 14.3. The van der Waals surface area contributed by atoms with E-state index in [2.05, 4.69) is 49.6 Å². The number of aryl methyl sites for hydroxylation is 2. The van der Waals surface area contributed by atoms with Gasteiger partial charge in [0.25, 0.3) is 0 Å². The first kappa shape index (κ1) is 13.6. The number of hydrogen-bond acceptors (Lipinski definition) is 2. The summed E-state index contributed by atoms with van der Waals surface area (Å²) in [5.41, 5.74) is 4.29. The molecule has 0 unspecified atom stereocenters. The molecule has 0 fully saturated rings. The third-order valence-corrected chi connectivity index (χ3v) is 4.18. The van der Waals surface area contributed by atoms with Gasteiger partial charge in [0.1, 0.15) is 5.52 Å². The summed E-state index contributed by atoms with van der Waals surface area (Å²) in [5, 5.41) is 4.54. The van der Waals surface area contributed by atoms with Crippen molar-refractivity contribution in [3.63, 3.8) is 0 Å². The standard InChI is InChI=1S/C14H15BrN4S/c1-3-19-13-12(9(2)17-19)16-14(20)18(13)8-10-5-4-6-11(15)7-10/h4-7H,3,8H2,1-2H3,(H,16,20). The summed E-state index contributed by atoms with van der Waals surface area (Å²) in [5.74, 6) is 0. The minimum Gasteiger partial charge on any atom is -0.328 e. The van der Waals surface area contributed by atoms with Gasteiger partial charge in [-0.3, -0.25) is 4.57 Å². The molecule has 0 aliphatic heterocycles. The molecule has 0 bridgehead atoms. The summed E-state index contributed by atoms with van der Waals surface area (Å²) in [6.45, 7) is 5.66. The molecule has 0 radical (unpaired) electrons. The van der Waals surface area contributed by atoms with Crippen LogP contribution in [0, 0.1) is 11.7 Å².